The molecule has 0 spiro atoms. The number of fused-ring (bicyclic) bond motifs is 1. The summed E-state index contributed by atoms with van der Waals surface area (Å²) < 4.78 is 5.77. The SMILES string of the molecule is C=C(Cc1c[nH]c2ccccc12)Nc1ccc(OCCCCCCC(=O)NO)cc1. The summed E-state index contributed by atoms with van der Waals surface area (Å²) in [4.78, 5) is 14.2. The van der Waals surface area contributed by atoms with E-state index in [0.29, 0.717) is 13.0 Å². The lowest BCUT2D eigenvalue weighted by Crippen LogP contribution is -2.17. The molecule has 0 atom stereocenters. The van der Waals surface area contributed by atoms with E-state index < -0.39 is 0 Å². The van der Waals surface area contributed by atoms with Crippen LogP contribution in [0.15, 0.2) is 67.0 Å². The third-order valence-electron chi connectivity index (χ3n) is 4.95. The van der Waals surface area contributed by atoms with Crippen molar-refractivity contribution >= 4 is 22.5 Å². The molecule has 3 rings (SSSR count). The number of unbranched alkanes of at least 4 members (excludes halogenated alkanes) is 3. The number of H-pyrrole nitrogens is 1. The Labute approximate surface area is 176 Å². The Morgan fingerprint density at radius 1 is 1.03 bits per heavy atom. The number of aromatic amines is 1. The van der Waals surface area contributed by atoms with Gasteiger partial charge >= 0.3 is 0 Å². The molecule has 4 N–H and O–H groups in total. The summed E-state index contributed by atoms with van der Waals surface area (Å²) in [7, 11) is 0. The number of hydroxylamine groups is 1. The lowest BCUT2D eigenvalue weighted by Gasteiger charge is -2.11. The van der Waals surface area contributed by atoms with E-state index in [1.54, 1.807) is 5.48 Å². The van der Waals surface area contributed by atoms with Gasteiger partial charge in [-0.25, -0.2) is 5.48 Å². The fourth-order valence-electron chi connectivity index (χ4n) is 3.38. The lowest BCUT2D eigenvalue weighted by atomic mass is 10.1. The smallest absolute Gasteiger partial charge is 0.243 e. The number of aromatic nitrogens is 1. The molecule has 0 aliphatic heterocycles. The van der Waals surface area contributed by atoms with Gasteiger partial charge in [0.05, 0.1) is 6.61 Å². The van der Waals surface area contributed by atoms with Gasteiger partial charge in [-0.2, -0.15) is 0 Å². The predicted molar refractivity (Wildman–Crippen MR) is 120 cm³/mol. The van der Waals surface area contributed by atoms with Crippen molar-refractivity contribution in [2.45, 2.75) is 38.5 Å². The second-order valence-electron chi connectivity index (χ2n) is 7.34. The quantitative estimate of drug-likeness (QED) is 0.189. The summed E-state index contributed by atoms with van der Waals surface area (Å²) in [5.41, 5.74) is 5.92. The maximum atomic E-state index is 10.9. The first-order chi connectivity index (χ1) is 14.7. The Hall–Kier alpha value is -3.25. The van der Waals surface area contributed by atoms with E-state index >= 15 is 0 Å². The molecule has 6 nitrogen and oxygen atoms in total. The van der Waals surface area contributed by atoms with E-state index in [1.807, 2.05) is 42.6 Å². The van der Waals surface area contributed by atoms with Crippen LogP contribution >= 0.6 is 0 Å². The third-order valence-corrected chi connectivity index (χ3v) is 4.95. The van der Waals surface area contributed by atoms with Crippen LogP contribution in [0.2, 0.25) is 0 Å². The number of rotatable bonds is 12. The normalized spacial score (nSPS) is 10.7. The van der Waals surface area contributed by atoms with Crippen LogP contribution in [0.4, 0.5) is 5.69 Å². The van der Waals surface area contributed by atoms with E-state index in [4.69, 9.17) is 9.94 Å². The number of nitrogens with one attached hydrogen (secondary N) is 3. The first-order valence-electron chi connectivity index (χ1n) is 10.3. The first kappa shape index (κ1) is 21.5. The molecule has 158 valence electrons. The number of carbonyl (C=O) groups is 1. The van der Waals surface area contributed by atoms with E-state index in [9.17, 15) is 4.79 Å². The topological polar surface area (TPSA) is 86.4 Å². The average Bonchev–Trinajstić information content (AvgIpc) is 3.16. The van der Waals surface area contributed by atoms with E-state index in [-0.39, 0.29) is 5.91 Å². The highest BCUT2D eigenvalue weighted by Gasteiger charge is 2.05. The first-order valence-corrected chi connectivity index (χ1v) is 10.3. The monoisotopic (exact) mass is 407 g/mol. The second-order valence-corrected chi connectivity index (χ2v) is 7.34. The summed E-state index contributed by atoms with van der Waals surface area (Å²) in [5.74, 6) is 0.506. The van der Waals surface area contributed by atoms with Gasteiger partial charge < -0.3 is 15.0 Å². The molecule has 1 heterocycles. The molecule has 1 aromatic heterocycles. The van der Waals surface area contributed by atoms with E-state index in [2.05, 4.69) is 29.0 Å². The number of hydrogen-bond donors (Lipinski definition) is 4. The minimum absolute atomic E-state index is 0.330. The fraction of sp³-hybridized carbons (Fsp3) is 0.292. The molecule has 0 radical (unpaired) electrons. The van der Waals surface area contributed by atoms with Crippen LogP contribution < -0.4 is 15.5 Å². The van der Waals surface area contributed by atoms with Crippen LogP contribution in [0.1, 0.15) is 37.7 Å². The van der Waals surface area contributed by atoms with Crippen molar-refractivity contribution in [1.82, 2.24) is 10.5 Å². The van der Waals surface area contributed by atoms with Gasteiger partial charge in [0.1, 0.15) is 5.75 Å². The summed E-state index contributed by atoms with van der Waals surface area (Å²) in [6.07, 6.45) is 6.79. The van der Waals surface area contributed by atoms with Gasteiger partial charge in [0.25, 0.3) is 0 Å². The van der Waals surface area contributed by atoms with E-state index in [1.165, 1.54) is 10.9 Å². The zero-order valence-electron chi connectivity index (χ0n) is 17.1. The second kappa shape index (κ2) is 11.1. The van der Waals surface area contributed by atoms with Gasteiger partial charge in [0.15, 0.2) is 0 Å². The molecule has 3 aromatic rings. The van der Waals surface area contributed by atoms with Crippen LogP contribution in [0.25, 0.3) is 10.9 Å². The number of para-hydroxylation sites is 1. The third kappa shape index (κ3) is 6.39. The number of benzene rings is 2. The van der Waals surface area contributed by atoms with Gasteiger partial charge in [0.2, 0.25) is 5.91 Å². The number of carbonyl (C=O) groups excluding carboxylic acids is 1. The van der Waals surface area contributed by atoms with Crippen molar-refractivity contribution in [2.24, 2.45) is 0 Å². The minimum atomic E-state index is -0.330. The number of ether oxygens (including phenoxy) is 1. The molecular formula is C24H29N3O3. The Bertz CT molecular complexity index is 963. The molecule has 0 aliphatic rings. The van der Waals surface area contributed by atoms with Gasteiger partial charge in [0, 0.05) is 41.3 Å². The highest BCUT2D eigenvalue weighted by molar-refractivity contribution is 5.83. The molecule has 1 amide bonds. The molecular weight excluding hydrogens is 378 g/mol. The van der Waals surface area contributed by atoms with Crippen LogP contribution in [0.3, 0.4) is 0 Å². The zero-order valence-corrected chi connectivity index (χ0v) is 17.1. The van der Waals surface area contributed by atoms with Crippen molar-refractivity contribution in [1.29, 1.82) is 0 Å². The van der Waals surface area contributed by atoms with Crippen molar-refractivity contribution in [3.63, 3.8) is 0 Å². The van der Waals surface area contributed by atoms with Crippen LogP contribution in [0.5, 0.6) is 5.75 Å². The van der Waals surface area contributed by atoms with Gasteiger partial charge in [-0.1, -0.05) is 37.6 Å². The minimum Gasteiger partial charge on any atom is -0.494 e. The standard InChI is InChI=1S/C24H29N3O3/c1-18(16-19-17-25-23-9-6-5-8-22(19)23)26-20-11-13-21(14-12-20)30-15-7-3-2-4-10-24(28)27-29/h5-6,8-9,11-14,17,25-26,29H,1-4,7,10,15-16H2,(H,27,28). The zero-order chi connectivity index (χ0) is 21.2. The highest BCUT2D eigenvalue weighted by atomic mass is 16.5. The highest BCUT2D eigenvalue weighted by Crippen LogP contribution is 2.22. The predicted octanol–water partition coefficient (Wildman–Crippen LogP) is 5.17. The van der Waals surface area contributed by atoms with Crippen LogP contribution in [-0.2, 0) is 11.2 Å². The van der Waals surface area contributed by atoms with Crippen molar-refractivity contribution in [2.75, 3.05) is 11.9 Å². The van der Waals surface area contributed by atoms with Crippen molar-refractivity contribution < 1.29 is 14.7 Å². The number of hydrogen-bond acceptors (Lipinski definition) is 4. The van der Waals surface area contributed by atoms with Crippen LogP contribution in [0, 0.1) is 0 Å². The fourth-order valence-corrected chi connectivity index (χ4v) is 3.38. The lowest BCUT2D eigenvalue weighted by molar-refractivity contribution is -0.129. The molecule has 30 heavy (non-hydrogen) atoms. The average molecular weight is 408 g/mol. The summed E-state index contributed by atoms with van der Waals surface area (Å²) in [6.45, 7) is 4.81. The molecule has 0 bridgehead atoms. The Balaban J connectivity index is 1.37. The Kier molecular flexibility index (Phi) is 7.92. The van der Waals surface area contributed by atoms with Gasteiger partial charge in [-0.05, 0) is 48.7 Å². The summed E-state index contributed by atoms with van der Waals surface area (Å²) in [5, 5.41) is 13.0. The molecule has 6 heteroatoms. The number of anilines is 1. The van der Waals surface area contributed by atoms with E-state index in [0.717, 1.165) is 54.8 Å². The largest absolute Gasteiger partial charge is 0.494 e. The Morgan fingerprint density at radius 2 is 1.80 bits per heavy atom. The summed E-state index contributed by atoms with van der Waals surface area (Å²) >= 11 is 0. The maximum absolute atomic E-state index is 10.9. The molecule has 0 fully saturated rings. The summed E-state index contributed by atoms with van der Waals surface area (Å²) in [6, 6.07) is 16.1. The Morgan fingerprint density at radius 3 is 2.60 bits per heavy atom. The van der Waals surface area contributed by atoms with Gasteiger partial charge in [-0.15, -0.1) is 0 Å². The number of amides is 1. The molecule has 0 unspecified atom stereocenters. The van der Waals surface area contributed by atoms with Crippen molar-refractivity contribution in [3.05, 3.63) is 72.6 Å². The van der Waals surface area contributed by atoms with Crippen LogP contribution in [-0.4, -0.2) is 22.7 Å². The number of allylic oxidation sites excluding steroid dienone is 1. The van der Waals surface area contributed by atoms with Gasteiger partial charge in [-0.3, -0.25) is 10.0 Å². The molecule has 0 saturated carbocycles. The molecule has 0 aliphatic carbocycles. The maximum Gasteiger partial charge on any atom is 0.243 e. The molecule has 2 aromatic carbocycles. The van der Waals surface area contributed by atoms with Crippen molar-refractivity contribution in [3.8, 4) is 5.75 Å². The molecule has 0 saturated heterocycles.